The number of allylic oxidation sites excluding steroid dienone is 3. The summed E-state index contributed by atoms with van der Waals surface area (Å²) in [7, 11) is 0. The van der Waals surface area contributed by atoms with Crippen molar-refractivity contribution >= 4 is 5.78 Å². The van der Waals surface area contributed by atoms with E-state index in [0.717, 1.165) is 31.3 Å². The van der Waals surface area contributed by atoms with Crippen molar-refractivity contribution in [2.75, 3.05) is 0 Å². The van der Waals surface area contributed by atoms with E-state index in [1.54, 1.807) is 22.3 Å². The first kappa shape index (κ1) is 33.3. The second-order valence-corrected chi connectivity index (χ2v) is 20.7. The molecule has 7 fully saturated rings. The first-order chi connectivity index (χ1) is 23.9. The Morgan fingerprint density at radius 2 is 1.56 bits per heavy atom. The molecule has 1 spiro atoms. The molecule has 50 heavy (non-hydrogen) atoms. The molecular weight excluding hydrogens is 620 g/mol. The monoisotopic (exact) mass is 684 g/mol. The maximum atomic E-state index is 13.9. The lowest BCUT2D eigenvalue weighted by Gasteiger charge is -2.63. The Balaban J connectivity index is 1.10. The highest BCUT2D eigenvalue weighted by Gasteiger charge is 2.73. The fourth-order valence-corrected chi connectivity index (χ4v) is 17.2. The number of hydrogen-bond acceptors (Lipinski definition) is 5. The summed E-state index contributed by atoms with van der Waals surface area (Å²) >= 11 is 0. The van der Waals surface area contributed by atoms with Crippen LogP contribution in [0.25, 0.3) is 0 Å². The van der Waals surface area contributed by atoms with Crippen LogP contribution in [0.5, 0.6) is 0 Å². The van der Waals surface area contributed by atoms with Crippen molar-refractivity contribution < 1.29 is 25.2 Å². The molecule has 0 heterocycles. The Morgan fingerprint density at radius 1 is 0.820 bits per heavy atom. The lowest BCUT2D eigenvalue weighted by Crippen LogP contribution is -2.64. The molecular formula is C45H64O5. The number of ketones is 1. The van der Waals surface area contributed by atoms with Gasteiger partial charge in [-0.15, -0.1) is 0 Å². The third kappa shape index (κ3) is 3.93. The van der Waals surface area contributed by atoms with Crippen molar-refractivity contribution in [3.63, 3.8) is 0 Å². The molecule has 0 bridgehead atoms. The molecule has 10 rings (SSSR count). The van der Waals surface area contributed by atoms with Gasteiger partial charge in [0.1, 0.15) is 0 Å². The highest BCUT2D eigenvalue weighted by Crippen LogP contribution is 2.75. The topological polar surface area (TPSA) is 98.0 Å². The molecule has 0 radical (unpaired) electrons. The van der Waals surface area contributed by atoms with Gasteiger partial charge in [-0.2, -0.15) is 0 Å². The summed E-state index contributed by atoms with van der Waals surface area (Å²) in [6.45, 7) is 9.39. The van der Waals surface area contributed by atoms with Crippen LogP contribution in [0.3, 0.4) is 0 Å². The van der Waals surface area contributed by atoms with E-state index in [2.05, 4.69) is 27.7 Å². The molecule has 0 aliphatic heterocycles. The molecule has 4 N–H and O–H groups in total. The molecule has 5 nitrogen and oxygen atoms in total. The number of carbonyl (C=O) groups excluding carboxylic acids is 1. The summed E-state index contributed by atoms with van der Waals surface area (Å²) in [6, 6.07) is 0. The smallest absolute Gasteiger partial charge is 0.159 e. The zero-order chi connectivity index (χ0) is 34.7. The Kier molecular flexibility index (Phi) is 7.27. The highest BCUT2D eigenvalue weighted by molar-refractivity contribution is 5.95. The molecule has 10 aliphatic rings. The van der Waals surface area contributed by atoms with Crippen molar-refractivity contribution in [3.8, 4) is 0 Å². The van der Waals surface area contributed by atoms with E-state index in [-0.39, 0.29) is 35.4 Å². The zero-order valence-corrected chi connectivity index (χ0v) is 31.3. The summed E-state index contributed by atoms with van der Waals surface area (Å²) in [6.07, 6.45) is 18.4. The maximum Gasteiger partial charge on any atom is 0.159 e. The lowest BCUT2D eigenvalue weighted by molar-refractivity contribution is -0.168. The van der Waals surface area contributed by atoms with Crippen LogP contribution in [-0.4, -0.2) is 50.1 Å². The molecule has 0 aromatic heterocycles. The van der Waals surface area contributed by atoms with Crippen LogP contribution in [0.1, 0.15) is 137 Å². The van der Waals surface area contributed by atoms with E-state index in [9.17, 15) is 25.2 Å². The lowest BCUT2D eigenvalue weighted by atomic mass is 9.42. The molecule has 15 atom stereocenters. The molecule has 7 saturated carbocycles. The second kappa shape index (κ2) is 10.9. The van der Waals surface area contributed by atoms with Crippen molar-refractivity contribution in [3.05, 3.63) is 33.9 Å². The molecule has 10 aliphatic carbocycles. The van der Waals surface area contributed by atoms with Gasteiger partial charge in [0.05, 0.1) is 23.9 Å². The number of carbonyl (C=O) groups is 1. The number of rotatable bonds is 1. The van der Waals surface area contributed by atoms with Gasteiger partial charge in [0.25, 0.3) is 0 Å². The quantitative estimate of drug-likeness (QED) is 0.211. The predicted octanol–water partition coefficient (Wildman–Crippen LogP) is 7.86. The molecule has 0 amide bonds. The summed E-state index contributed by atoms with van der Waals surface area (Å²) in [4.78, 5) is 13.9. The summed E-state index contributed by atoms with van der Waals surface area (Å²) in [5.74, 6) is 2.66. The van der Waals surface area contributed by atoms with Crippen LogP contribution in [0, 0.1) is 75.4 Å². The minimum Gasteiger partial charge on any atom is -0.392 e. The van der Waals surface area contributed by atoms with Crippen molar-refractivity contribution in [1.29, 1.82) is 0 Å². The summed E-state index contributed by atoms with van der Waals surface area (Å²) < 4.78 is 0. The largest absolute Gasteiger partial charge is 0.392 e. The average molecular weight is 685 g/mol. The van der Waals surface area contributed by atoms with Gasteiger partial charge in [0.2, 0.25) is 0 Å². The van der Waals surface area contributed by atoms with Crippen LogP contribution in [-0.2, 0) is 4.79 Å². The van der Waals surface area contributed by atoms with Gasteiger partial charge < -0.3 is 20.4 Å². The highest BCUT2D eigenvalue weighted by atomic mass is 16.3. The van der Waals surface area contributed by atoms with E-state index >= 15 is 0 Å². The van der Waals surface area contributed by atoms with Crippen molar-refractivity contribution in [1.82, 2.24) is 0 Å². The predicted molar refractivity (Wildman–Crippen MR) is 193 cm³/mol. The zero-order valence-electron chi connectivity index (χ0n) is 31.3. The molecule has 0 saturated heterocycles. The molecule has 0 aromatic carbocycles. The minimum atomic E-state index is -1.08. The van der Waals surface area contributed by atoms with E-state index in [1.807, 2.05) is 6.08 Å². The third-order valence-electron chi connectivity index (χ3n) is 19.0. The van der Waals surface area contributed by atoms with Crippen LogP contribution >= 0.6 is 0 Å². The molecule has 274 valence electrons. The number of aliphatic hydroxyl groups excluding tert-OH is 3. The molecule has 0 aromatic rings. The fourth-order valence-electron chi connectivity index (χ4n) is 17.2. The Hall–Kier alpha value is -1.27. The Labute approximate surface area is 300 Å². The van der Waals surface area contributed by atoms with Gasteiger partial charge in [-0.3, -0.25) is 4.79 Å². The first-order valence-electron chi connectivity index (χ1n) is 21.3. The van der Waals surface area contributed by atoms with Crippen LogP contribution < -0.4 is 0 Å². The number of fused-ring (bicyclic) bond motifs is 10. The van der Waals surface area contributed by atoms with E-state index < -0.39 is 34.7 Å². The second-order valence-electron chi connectivity index (χ2n) is 20.7. The first-order valence-corrected chi connectivity index (χ1v) is 21.3. The molecule has 0 unspecified atom stereocenters. The Morgan fingerprint density at radius 3 is 2.32 bits per heavy atom. The Bertz CT molecular complexity index is 1580. The summed E-state index contributed by atoms with van der Waals surface area (Å²) in [5.41, 5.74) is 6.35. The van der Waals surface area contributed by atoms with Gasteiger partial charge in [0.15, 0.2) is 5.78 Å². The van der Waals surface area contributed by atoms with Gasteiger partial charge in [-0.25, -0.2) is 0 Å². The average Bonchev–Trinajstić information content (AvgIpc) is 3.61. The fraction of sp³-hybridized carbons (Fsp3) is 0.844. The van der Waals surface area contributed by atoms with E-state index in [4.69, 9.17) is 0 Å². The van der Waals surface area contributed by atoms with Crippen LogP contribution in [0.2, 0.25) is 0 Å². The summed E-state index contributed by atoms with van der Waals surface area (Å²) in [5, 5.41) is 48.1. The number of aliphatic hydroxyl groups is 4. The van der Waals surface area contributed by atoms with E-state index in [0.29, 0.717) is 54.3 Å². The van der Waals surface area contributed by atoms with Gasteiger partial charge in [-0.1, -0.05) is 62.8 Å². The van der Waals surface area contributed by atoms with Crippen molar-refractivity contribution in [2.45, 2.75) is 161 Å². The minimum absolute atomic E-state index is 0.0359. The van der Waals surface area contributed by atoms with Crippen molar-refractivity contribution in [2.24, 2.45) is 75.4 Å². The van der Waals surface area contributed by atoms with Gasteiger partial charge in [-0.05, 0) is 160 Å². The van der Waals surface area contributed by atoms with Crippen LogP contribution in [0.15, 0.2) is 33.9 Å². The van der Waals surface area contributed by atoms with Crippen LogP contribution in [0.4, 0.5) is 0 Å². The SMILES string of the molecule is CC(C)C1=C2CCCC3(CCCC3)[C@H]2C2=C3[C@H]1[C@@H](O)[C@H]1[C@@H](CC[C@H]4C[C@H]5C(=CC(=O)[C@@H]6C[C@@H](O)[C@@H](O)C[C@@]65C)[C@]5(O)CC[C@H]1[C@@]45C)[C@@H]3CCC2. The van der Waals surface area contributed by atoms with E-state index in [1.165, 1.54) is 64.2 Å². The molecule has 5 heteroatoms. The standard InChI is InChI=1S/C45H64O5/c1-23(2)36-27-11-8-17-44(15-5-6-16-44)40(27)28-10-7-9-25-26-13-12-24-19-30-31(20-33(46)32-21-34(47)35(48)22-42(30,32)3)45(50)18-14-29(43(24,45)4)38(26)41(49)39(36)37(25)28/h20,23-26,29-30,32,34-35,38-41,47-50H,5-19,21-22H2,1-4H3/t24-,25-,26-,29+,30-,32-,34+,35-,38-,39-,40+,41-,42+,43+,45+/m0/s1. The normalized spacial score (nSPS) is 53.2. The van der Waals surface area contributed by atoms with Gasteiger partial charge >= 0.3 is 0 Å². The number of hydrogen-bond donors (Lipinski definition) is 4. The van der Waals surface area contributed by atoms with Gasteiger partial charge in [0, 0.05) is 23.2 Å². The third-order valence-corrected chi connectivity index (χ3v) is 19.0. The maximum absolute atomic E-state index is 13.9.